The molecule has 0 unspecified atom stereocenters. The van der Waals surface area contributed by atoms with E-state index in [9.17, 15) is 14.7 Å². The summed E-state index contributed by atoms with van der Waals surface area (Å²) in [6, 6.07) is 10.7. The number of halogens is 2. The van der Waals surface area contributed by atoms with Gasteiger partial charge in [-0.25, -0.2) is 0 Å². The molecule has 0 bridgehead atoms. The molecule has 6 nitrogen and oxygen atoms in total. The number of Topliss-reactive ketones (excluding diaryl/α,β-unsaturated/α-hetero) is 1. The minimum Gasteiger partial charge on any atom is -0.507 e. The summed E-state index contributed by atoms with van der Waals surface area (Å²) in [5, 5.41) is 11.8. The van der Waals surface area contributed by atoms with E-state index in [-0.39, 0.29) is 24.0 Å². The summed E-state index contributed by atoms with van der Waals surface area (Å²) in [6.07, 6.45) is 0.519. The highest BCUT2D eigenvalue weighted by atomic mass is 35.5. The predicted molar refractivity (Wildman–Crippen MR) is 124 cm³/mol. The Balaban J connectivity index is 2.09. The Morgan fingerprint density at radius 1 is 1.12 bits per heavy atom. The Labute approximate surface area is 197 Å². The molecule has 1 amide bonds. The second-order valence-electron chi connectivity index (χ2n) is 7.70. The second kappa shape index (κ2) is 10.4. The number of aliphatic hydroxyl groups excluding tert-OH is 1. The molecule has 2 aromatic rings. The van der Waals surface area contributed by atoms with Gasteiger partial charge in [0.15, 0.2) is 0 Å². The van der Waals surface area contributed by atoms with E-state index in [1.165, 1.54) is 4.90 Å². The molecule has 0 spiro atoms. The Morgan fingerprint density at radius 2 is 1.81 bits per heavy atom. The van der Waals surface area contributed by atoms with Crippen LogP contribution in [0.15, 0.2) is 48.0 Å². The largest absolute Gasteiger partial charge is 0.507 e. The van der Waals surface area contributed by atoms with Crippen LogP contribution < -0.4 is 4.74 Å². The van der Waals surface area contributed by atoms with E-state index >= 15 is 0 Å². The van der Waals surface area contributed by atoms with Crippen LogP contribution in [0.4, 0.5) is 0 Å². The van der Waals surface area contributed by atoms with Crippen LogP contribution in [0, 0.1) is 0 Å². The van der Waals surface area contributed by atoms with Crippen molar-refractivity contribution in [3.8, 4) is 5.75 Å². The number of amides is 1. The molecule has 32 heavy (non-hydrogen) atoms. The van der Waals surface area contributed by atoms with E-state index in [0.717, 1.165) is 0 Å². The van der Waals surface area contributed by atoms with Gasteiger partial charge < -0.3 is 19.5 Å². The van der Waals surface area contributed by atoms with Crippen LogP contribution in [0.1, 0.15) is 37.4 Å². The van der Waals surface area contributed by atoms with Crippen molar-refractivity contribution in [1.82, 2.24) is 4.90 Å². The van der Waals surface area contributed by atoms with E-state index in [4.69, 9.17) is 32.7 Å². The molecule has 0 radical (unpaired) electrons. The standard InChI is InChI=1S/C24H25Cl2NO5/c1-14(2)32-17-8-5-15(6-9-17)22(28)20-21(18-10-7-16(25)13-19(18)26)27(11-4-12-31-3)24(30)23(20)29/h5-10,13-14,21,28H,4,11-12H2,1-3H3/t21-/m1/s1. The SMILES string of the molecule is COCCCN1C(=O)C(=O)C(=C(O)c2ccc(OC(C)C)cc2)[C@H]1c1ccc(Cl)cc1Cl. The molecule has 0 aliphatic carbocycles. The molecule has 1 N–H and O–H groups in total. The van der Waals surface area contributed by atoms with Crippen molar-refractivity contribution < 1.29 is 24.2 Å². The van der Waals surface area contributed by atoms with Crippen molar-refractivity contribution in [1.29, 1.82) is 0 Å². The van der Waals surface area contributed by atoms with Crippen molar-refractivity contribution >= 4 is 40.7 Å². The van der Waals surface area contributed by atoms with Crippen LogP contribution in [-0.2, 0) is 14.3 Å². The molecule has 170 valence electrons. The third-order valence-electron chi connectivity index (χ3n) is 5.04. The third-order valence-corrected chi connectivity index (χ3v) is 5.61. The summed E-state index contributed by atoms with van der Waals surface area (Å²) in [4.78, 5) is 27.3. The smallest absolute Gasteiger partial charge is 0.295 e. The minimum atomic E-state index is -0.844. The second-order valence-corrected chi connectivity index (χ2v) is 8.54. The van der Waals surface area contributed by atoms with E-state index in [1.807, 2.05) is 13.8 Å². The van der Waals surface area contributed by atoms with Gasteiger partial charge in [-0.15, -0.1) is 0 Å². The molecular weight excluding hydrogens is 453 g/mol. The van der Waals surface area contributed by atoms with Crippen molar-refractivity contribution in [2.24, 2.45) is 0 Å². The molecule has 1 saturated heterocycles. The molecule has 1 fully saturated rings. The quantitative estimate of drug-likeness (QED) is 0.243. The normalized spacial score (nSPS) is 17.9. The maximum Gasteiger partial charge on any atom is 0.295 e. The van der Waals surface area contributed by atoms with E-state index < -0.39 is 17.7 Å². The van der Waals surface area contributed by atoms with Crippen LogP contribution in [0.3, 0.4) is 0 Å². The van der Waals surface area contributed by atoms with Gasteiger partial charge in [-0.1, -0.05) is 29.3 Å². The van der Waals surface area contributed by atoms with Crippen molar-refractivity contribution in [3.63, 3.8) is 0 Å². The fourth-order valence-corrected chi connectivity index (χ4v) is 4.17. The van der Waals surface area contributed by atoms with Gasteiger partial charge >= 0.3 is 0 Å². The van der Waals surface area contributed by atoms with E-state index in [2.05, 4.69) is 0 Å². The van der Waals surface area contributed by atoms with Crippen LogP contribution >= 0.6 is 23.2 Å². The topological polar surface area (TPSA) is 76.1 Å². The van der Waals surface area contributed by atoms with Crippen LogP contribution in [0.5, 0.6) is 5.75 Å². The predicted octanol–water partition coefficient (Wildman–Crippen LogP) is 5.24. The number of likely N-dealkylation sites (tertiary alicyclic amines) is 1. The summed E-state index contributed by atoms with van der Waals surface area (Å²) < 4.78 is 10.7. The van der Waals surface area contributed by atoms with Crippen molar-refractivity contribution in [3.05, 3.63) is 69.2 Å². The first-order valence-corrected chi connectivity index (χ1v) is 11.0. The molecule has 2 aromatic carbocycles. The number of hydrogen-bond acceptors (Lipinski definition) is 5. The van der Waals surface area contributed by atoms with Crippen LogP contribution in [0.25, 0.3) is 5.76 Å². The van der Waals surface area contributed by atoms with Gasteiger partial charge in [-0.2, -0.15) is 0 Å². The lowest BCUT2D eigenvalue weighted by Crippen LogP contribution is -2.31. The Morgan fingerprint density at radius 3 is 2.41 bits per heavy atom. The maximum absolute atomic E-state index is 13.0. The summed E-state index contributed by atoms with van der Waals surface area (Å²) in [5.74, 6) is -1.10. The first-order chi connectivity index (χ1) is 15.2. The molecule has 8 heteroatoms. The lowest BCUT2D eigenvalue weighted by atomic mass is 9.95. The van der Waals surface area contributed by atoms with Crippen molar-refractivity contribution in [2.45, 2.75) is 32.4 Å². The number of hydrogen-bond donors (Lipinski definition) is 1. The number of carbonyl (C=O) groups is 2. The van der Waals surface area contributed by atoms with Gasteiger partial charge in [0, 0.05) is 35.9 Å². The first-order valence-electron chi connectivity index (χ1n) is 10.2. The zero-order chi connectivity index (χ0) is 23.4. The number of rotatable bonds is 8. The lowest BCUT2D eigenvalue weighted by molar-refractivity contribution is -0.140. The highest BCUT2D eigenvalue weighted by molar-refractivity contribution is 6.47. The molecule has 0 saturated carbocycles. The Hall–Kier alpha value is -2.54. The maximum atomic E-state index is 13.0. The molecule has 1 aliphatic rings. The summed E-state index contributed by atoms with van der Waals surface area (Å²) in [5.41, 5.74) is 0.884. The van der Waals surface area contributed by atoms with Gasteiger partial charge in [0.05, 0.1) is 17.7 Å². The monoisotopic (exact) mass is 477 g/mol. The number of aliphatic hydroxyl groups is 1. The number of methoxy groups -OCH3 is 1. The number of ketones is 1. The molecule has 1 atom stereocenters. The Bertz CT molecular complexity index is 1030. The highest BCUT2D eigenvalue weighted by Crippen LogP contribution is 2.42. The van der Waals surface area contributed by atoms with Crippen molar-refractivity contribution in [2.75, 3.05) is 20.3 Å². The lowest BCUT2D eigenvalue weighted by Gasteiger charge is -2.26. The van der Waals surface area contributed by atoms with Crippen LogP contribution in [0.2, 0.25) is 10.0 Å². The van der Waals surface area contributed by atoms with Gasteiger partial charge in [-0.3, -0.25) is 9.59 Å². The number of ether oxygens (including phenoxy) is 2. The average Bonchev–Trinajstić information content (AvgIpc) is 2.98. The zero-order valence-corrected chi connectivity index (χ0v) is 19.6. The third kappa shape index (κ3) is 5.09. The average molecular weight is 478 g/mol. The number of carbonyl (C=O) groups excluding carboxylic acids is 2. The zero-order valence-electron chi connectivity index (χ0n) is 18.1. The highest BCUT2D eigenvalue weighted by Gasteiger charge is 2.46. The van der Waals surface area contributed by atoms with Crippen LogP contribution in [-0.4, -0.2) is 48.1 Å². The van der Waals surface area contributed by atoms with E-state index in [0.29, 0.717) is 39.9 Å². The molecule has 0 aromatic heterocycles. The minimum absolute atomic E-state index is 0.00100. The number of nitrogens with zero attached hydrogens (tertiary/aromatic N) is 1. The van der Waals surface area contributed by atoms with Gasteiger partial charge in [0.25, 0.3) is 11.7 Å². The molecule has 1 aliphatic heterocycles. The summed E-state index contributed by atoms with van der Waals surface area (Å²) >= 11 is 12.5. The fourth-order valence-electron chi connectivity index (χ4n) is 3.66. The molecular formula is C24H25Cl2NO5. The van der Waals surface area contributed by atoms with Gasteiger partial charge in [-0.05, 0) is 62.2 Å². The number of benzene rings is 2. The fraction of sp³-hybridized carbons (Fsp3) is 0.333. The van der Waals surface area contributed by atoms with Gasteiger partial charge in [0.2, 0.25) is 0 Å². The summed E-state index contributed by atoms with van der Waals surface area (Å²) in [6.45, 7) is 4.50. The summed E-state index contributed by atoms with van der Waals surface area (Å²) in [7, 11) is 1.56. The van der Waals surface area contributed by atoms with E-state index in [1.54, 1.807) is 49.6 Å². The first kappa shape index (κ1) is 24.1. The Kier molecular flexibility index (Phi) is 7.82. The molecule has 1 heterocycles. The van der Waals surface area contributed by atoms with Gasteiger partial charge in [0.1, 0.15) is 11.5 Å². The molecule has 3 rings (SSSR count).